The Bertz CT molecular complexity index is 896. The average molecular weight is 364 g/mol. The molecule has 27 heavy (non-hydrogen) atoms. The van der Waals surface area contributed by atoms with Crippen LogP contribution < -0.4 is 15.8 Å². The van der Waals surface area contributed by atoms with Crippen LogP contribution in [-0.4, -0.2) is 12.5 Å². The zero-order chi connectivity index (χ0) is 19.1. The van der Waals surface area contributed by atoms with Crippen LogP contribution in [0.15, 0.2) is 72.8 Å². The largest absolute Gasteiger partial charge is 0.454 e. The number of nitrogens with two attached hydrogens (primary N) is 1. The molecule has 4 nitrogen and oxygen atoms in total. The molecule has 0 unspecified atom stereocenters. The van der Waals surface area contributed by atoms with Crippen molar-refractivity contribution in [3.8, 4) is 11.5 Å². The topological polar surface area (TPSA) is 64.4 Å². The highest BCUT2D eigenvalue weighted by atomic mass is 19.1. The fourth-order valence-electron chi connectivity index (χ4n) is 2.65. The molecule has 3 aromatic carbocycles. The van der Waals surface area contributed by atoms with E-state index in [0.29, 0.717) is 5.75 Å². The lowest BCUT2D eigenvalue weighted by Crippen LogP contribution is -2.16. The number of benzene rings is 3. The van der Waals surface area contributed by atoms with Crippen molar-refractivity contribution in [2.75, 3.05) is 6.54 Å². The molecule has 3 rings (SSSR count). The number of amides is 1. The molecule has 0 aliphatic heterocycles. The van der Waals surface area contributed by atoms with E-state index in [1.54, 1.807) is 12.1 Å². The summed E-state index contributed by atoms with van der Waals surface area (Å²) in [5.74, 6) is -0.731. The first-order valence-electron chi connectivity index (χ1n) is 8.72. The van der Waals surface area contributed by atoms with Crippen molar-refractivity contribution >= 4 is 5.91 Å². The van der Waals surface area contributed by atoms with Gasteiger partial charge in [0.1, 0.15) is 5.75 Å². The van der Waals surface area contributed by atoms with Crippen LogP contribution in [0.2, 0.25) is 0 Å². The lowest BCUT2D eigenvalue weighted by Gasteiger charge is -2.09. The number of hydrogen-bond donors (Lipinski definition) is 2. The molecule has 1 amide bonds. The summed E-state index contributed by atoms with van der Waals surface area (Å²) in [4.78, 5) is 11.1. The summed E-state index contributed by atoms with van der Waals surface area (Å²) >= 11 is 0. The molecule has 3 N–H and O–H groups in total. The van der Waals surface area contributed by atoms with Crippen LogP contribution in [0.25, 0.3) is 0 Å². The summed E-state index contributed by atoms with van der Waals surface area (Å²) in [6.07, 6.45) is 0.975. The molecule has 0 aliphatic rings. The van der Waals surface area contributed by atoms with Crippen LogP contribution in [0, 0.1) is 5.82 Å². The van der Waals surface area contributed by atoms with Gasteiger partial charge in [-0.1, -0.05) is 42.5 Å². The van der Waals surface area contributed by atoms with Crippen LogP contribution in [-0.2, 0) is 13.0 Å². The van der Waals surface area contributed by atoms with E-state index in [-0.39, 0.29) is 11.3 Å². The Morgan fingerprint density at radius 1 is 0.963 bits per heavy atom. The Morgan fingerprint density at radius 2 is 1.70 bits per heavy atom. The molecular weight excluding hydrogens is 343 g/mol. The highest BCUT2D eigenvalue weighted by Crippen LogP contribution is 2.25. The Morgan fingerprint density at radius 3 is 2.37 bits per heavy atom. The number of rotatable bonds is 8. The molecule has 0 spiro atoms. The number of carbonyl (C=O) groups is 1. The first kappa shape index (κ1) is 18.6. The first-order chi connectivity index (χ1) is 13.1. The van der Waals surface area contributed by atoms with Gasteiger partial charge >= 0.3 is 0 Å². The van der Waals surface area contributed by atoms with E-state index in [1.165, 1.54) is 17.7 Å². The average Bonchev–Trinajstić information content (AvgIpc) is 2.68. The van der Waals surface area contributed by atoms with Crippen LogP contribution in [0.1, 0.15) is 21.5 Å². The van der Waals surface area contributed by atoms with Crippen molar-refractivity contribution in [2.45, 2.75) is 13.0 Å². The fourth-order valence-corrected chi connectivity index (χ4v) is 2.65. The number of carbonyl (C=O) groups excluding carboxylic acids is 1. The lowest BCUT2D eigenvalue weighted by atomic mass is 10.1. The van der Waals surface area contributed by atoms with Crippen LogP contribution in [0.3, 0.4) is 0 Å². The summed E-state index contributed by atoms with van der Waals surface area (Å²) in [6, 6.07) is 21.7. The smallest absolute Gasteiger partial charge is 0.248 e. The Hall–Kier alpha value is -3.18. The van der Waals surface area contributed by atoms with Gasteiger partial charge in [-0.25, -0.2) is 4.39 Å². The van der Waals surface area contributed by atoms with E-state index in [4.69, 9.17) is 10.5 Å². The Balaban J connectivity index is 1.50. The second-order valence-corrected chi connectivity index (χ2v) is 6.17. The number of nitrogens with one attached hydrogen (secondary N) is 1. The minimum atomic E-state index is -0.676. The van der Waals surface area contributed by atoms with E-state index < -0.39 is 11.7 Å². The standard InChI is InChI=1S/C22H21FN2O2/c23-20-14-18(22(24)26)8-11-21(20)27-19-9-6-17(7-10-19)15-25-13-12-16-4-2-1-3-5-16/h1-11,14,25H,12-13,15H2,(H2,24,26). The van der Waals surface area contributed by atoms with Gasteiger partial charge in [0.25, 0.3) is 0 Å². The molecule has 0 aromatic heterocycles. The van der Waals surface area contributed by atoms with Crippen molar-refractivity contribution in [1.82, 2.24) is 5.32 Å². The third kappa shape index (κ3) is 5.39. The van der Waals surface area contributed by atoms with E-state index in [9.17, 15) is 9.18 Å². The van der Waals surface area contributed by atoms with Crippen LogP contribution >= 0.6 is 0 Å². The zero-order valence-corrected chi connectivity index (χ0v) is 14.8. The Labute approximate surface area is 157 Å². The summed E-state index contributed by atoms with van der Waals surface area (Å²) in [5.41, 5.74) is 7.66. The van der Waals surface area contributed by atoms with E-state index in [1.807, 2.05) is 30.3 Å². The van der Waals surface area contributed by atoms with Gasteiger partial charge in [0, 0.05) is 12.1 Å². The zero-order valence-electron chi connectivity index (χ0n) is 14.8. The van der Waals surface area contributed by atoms with E-state index in [0.717, 1.165) is 31.1 Å². The van der Waals surface area contributed by atoms with Gasteiger partial charge < -0.3 is 15.8 Å². The molecule has 0 fully saturated rings. The second kappa shape index (κ2) is 8.96. The molecule has 0 heterocycles. The molecule has 0 atom stereocenters. The minimum Gasteiger partial charge on any atom is -0.454 e. The third-order valence-corrected chi connectivity index (χ3v) is 4.13. The van der Waals surface area contributed by atoms with Gasteiger partial charge in [-0.2, -0.15) is 0 Å². The molecule has 0 saturated heterocycles. The maximum atomic E-state index is 14.0. The van der Waals surface area contributed by atoms with Crippen molar-refractivity contribution in [3.05, 3.63) is 95.3 Å². The molecule has 3 aromatic rings. The molecule has 0 saturated carbocycles. The first-order valence-corrected chi connectivity index (χ1v) is 8.72. The SMILES string of the molecule is NC(=O)c1ccc(Oc2ccc(CNCCc3ccccc3)cc2)c(F)c1. The minimum absolute atomic E-state index is 0.0498. The van der Waals surface area contributed by atoms with Crippen molar-refractivity contribution in [3.63, 3.8) is 0 Å². The maximum absolute atomic E-state index is 14.0. The predicted octanol–water partition coefficient (Wildman–Crippen LogP) is 4.05. The van der Waals surface area contributed by atoms with Crippen LogP contribution in [0.4, 0.5) is 4.39 Å². The number of ether oxygens (including phenoxy) is 1. The highest BCUT2D eigenvalue weighted by Gasteiger charge is 2.09. The molecular formula is C22H21FN2O2. The number of hydrogen-bond acceptors (Lipinski definition) is 3. The monoisotopic (exact) mass is 364 g/mol. The second-order valence-electron chi connectivity index (χ2n) is 6.17. The van der Waals surface area contributed by atoms with Gasteiger partial charge in [-0.05, 0) is 54.4 Å². The molecule has 0 aliphatic carbocycles. The quantitative estimate of drug-likeness (QED) is 0.593. The molecule has 0 radical (unpaired) electrons. The van der Waals surface area contributed by atoms with Gasteiger partial charge in [0.05, 0.1) is 0 Å². The van der Waals surface area contributed by atoms with Crippen molar-refractivity contribution < 1.29 is 13.9 Å². The maximum Gasteiger partial charge on any atom is 0.248 e. The predicted molar refractivity (Wildman–Crippen MR) is 103 cm³/mol. The van der Waals surface area contributed by atoms with Gasteiger partial charge in [0.15, 0.2) is 11.6 Å². The normalized spacial score (nSPS) is 10.6. The summed E-state index contributed by atoms with van der Waals surface area (Å²) in [5, 5.41) is 3.40. The van der Waals surface area contributed by atoms with Crippen LogP contribution in [0.5, 0.6) is 11.5 Å². The molecule has 5 heteroatoms. The number of halogens is 1. The summed E-state index contributed by atoms with van der Waals surface area (Å²) in [7, 11) is 0. The lowest BCUT2D eigenvalue weighted by molar-refractivity contribution is 0.1000. The van der Waals surface area contributed by atoms with Crippen molar-refractivity contribution in [1.29, 1.82) is 0 Å². The van der Waals surface area contributed by atoms with E-state index in [2.05, 4.69) is 17.4 Å². The van der Waals surface area contributed by atoms with Gasteiger partial charge in [-0.15, -0.1) is 0 Å². The third-order valence-electron chi connectivity index (χ3n) is 4.13. The van der Waals surface area contributed by atoms with Gasteiger partial charge in [0.2, 0.25) is 5.91 Å². The summed E-state index contributed by atoms with van der Waals surface area (Å²) < 4.78 is 19.5. The molecule has 138 valence electrons. The number of primary amides is 1. The Kier molecular flexibility index (Phi) is 6.18. The highest BCUT2D eigenvalue weighted by molar-refractivity contribution is 5.92. The molecule has 0 bridgehead atoms. The fraction of sp³-hybridized carbons (Fsp3) is 0.136. The summed E-state index contributed by atoms with van der Waals surface area (Å²) in [6.45, 7) is 1.63. The van der Waals surface area contributed by atoms with Crippen molar-refractivity contribution in [2.24, 2.45) is 5.73 Å². The van der Waals surface area contributed by atoms with E-state index >= 15 is 0 Å². The van der Waals surface area contributed by atoms with Gasteiger partial charge in [-0.3, -0.25) is 4.79 Å².